The lowest BCUT2D eigenvalue weighted by atomic mass is 9.96. The van der Waals surface area contributed by atoms with E-state index < -0.39 is 0 Å². The summed E-state index contributed by atoms with van der Waals surface area (Å²) in [7, 11) is 2.13. The Kier molecular flexibility index (Phi) is 4.41. The van der Waals surface area contributed by atoms with Crippen LogP contribution in [0, 0.1) is 12.3 Å². The van der Waals surface area contributed by atoms with Gasteiger partial charge in [0.1, 0.15) is 11.5 Å². The predicted molar refractivity (Wildman–Crippen MR) is 67.4 cm³/mol. The van der Waals surface area contributed by atoms with Crippen LogP contribution in [0.1, 0.15) is 25.4 Å². The summed E-state index contributed by atoms with van der Waals surface area (Å²) in [5.74, 6) is 2.03. The molecule has 86 valence electrons. The molecule has 1 aromatic heterocycles. The summed E-state index contributed by atoms with van der Waals surface area (Å²) in [6.07, 6.45) is 0. The van der Waals surface area contributed by atoms with Crippen LogP contribution in [0.2, 0.25) is 0 Å². The molecule has 0 aliphatic carbocycles. The second-order valence-electron chi connectivity index (χ2n) is 4.98. The van der Waals surface area contributed by atoms with E-state index in [1.54, 1.807) is 0 Å². The first-order valence-electron chi connectivity index (χ1n) is 5.23. The van der Waals surface area contributed by atoms with Gasteiger partial charge in [-0.2, -0.15) is 0 Å². The second kappa shape index (κ2) is 5.17. The van der Waals surface area contributed by atoms with Crippen molar-refractivity contribution in [3.8, 4) is 0 Å². The molecule has 0 amide bonds. The third kappa shape index (κ3) is 4.39. The lowest BCUT2D eigenvalue weighted by molar-refractivity contribution is 0.211. The molecule has 0 unspecified atom stereocenters. The van der Waals surface area contributed by atoms with Crippen LogP contribution in [-0.2, 0) is 6.54 Å². The summed E-state index contributed by atoms with van der Waals surface area (Å²) in [5, 5.41) is 1.02. The van der Waals surface area contributed by atoms with Crippen molar-refractivity contribution < 1.29 is 4.42 Å². The normalized spacial score (nSPS) is 12.4. The fourth-order valence-corrected chi connectivity index (χ4v) is 1.84. The Morgan fingerprint density at radius 2 is 2.07 bits per heavy atom. The Bertz CT molecular complexity index is 306. The van der Waals surface area contributed by atoms with Crippen LogP contribution >= 0.6 is 15.9 Å². The van der Waals surface area contributed by atoms with E-state index in [-0.39, 0.29) is 0 Å². The zero-order valence-electron chi connectivity index (χ0n) is 10.0. The van der Waals surface area contributed by atoms with Crippen LogP contribution in [0.5, 0.6) is 0 Å². The maximum absolute atomic E-state index is 5.55. The van der Waals surface area contributed by atoms with Crippen LogP contribution in [-0.4, -0.2) is 23.8 Å². The van der Waals surface area contributed by atoms with Gasteiger partial charge in [-0.05, 0) is 31.5 Å². The van der Waals surface area contributed by atoms with Gasteiger partial charge in [-0.3, -0.25) is 4.90 Å². The van der Waals surface area contributed by atoms with Gasteiger partial charge in [-0.1, -0.05) is 29.8 Å². The minimum absolute atomic E-state index is 0.302. The van der Waals surface area contributed by atoms with Crippen LogP contribution in [0.3, 0.4) is 0 Å². The van der Waals surface area contributed by atoms with Crippen molar-refractivity contribution in [3.63, 3.8) is 0 Å². The third-order valence-electron chi connectivity index (χ3n) is 2.28. The SMILES string of the molecule is Cc1ccc(CN(C)CC(C)(C)CBr)o1. The Labute approximate surface area is 101 Å². The Balaban J connectivity index is 2.46. The molecule has 0 fully saturated rings. The number of furan rings is 1. The second-order valence-corrected chi connectivity index (χ2v) is 5.54. The molecule has 0 bridgehead atoms. The molecule has 1 heterocycles. The minimum Gasteiger partial charge on any atom is -0.465 e. The van der Waals surface area contributed by atoms with Crippen molar-refractivity contribution in [2.24, 2.45) is 5.41 Å². The average molecular weight is 274 g/mol. The van der Waals surface area contributed by atoms with Gasteiger partial charge in [-0.15, -0.1) is 0 Å². The van der Waals surface area contributed by atoms with Gasteiger partial charge in [0, 0.05) is 11.9 Å². The van der Waals surface area contributed by atoms with E-state index in [4.69, 9.17) is 4.42 Å². The predicted octanol–water partition coefficient (Wildman–Crippen LogP) is 3.44. The quantitative estimate of drug-likeness (QED) is 0.765. The standard InChI is InChI=1S/C12H20BrNO/c1-10-5-6-11(15-10)7-14(4)9-12(2,3)8-13/h5-6H,7-9H2,1-4H3. The van der Waals surface area contributed by atoms with Crippen molar-refractivity contribution >= 4 is 15.9 Å². The summed E-state index contributed by atoms with van der Waals surface area (Å²) >= 11 is 3.54. The number of hydrogen-bond acceptors (Lipinski definition) is 2. The van der Waals surface area contributed by atoms with Gasteiger partial charge in [0.25, 0.3) is 0 Å². The monoisotopic (exact) mass is 273 g/mol. The number of alkyl halides is 1. The van der Waals surface area contributed by atoms with E-state index in [2.05, 4.69) is 41.7 Å². The molecule has 0 aliphatic rings. The van der Waals surface area contributed by atoms with Gasteiger partial charge < -0.3 is 4.42 Å². The number of nitrogens with zero attached hydrogens (tertiary/aromatic N) is 1. The Hall–Kier alpha value is -0.280. The summed E-state index contributed by atoms with van der Waals surface area (Å²) < 4.78 is 5.55. The molecule has 0 aromatic carbocycles. The molecule has 0 N–H and O–H groups in total. The van der Waals surface area contributed by atoms with E-state index in [1.807, 2.05) is 19.1 Å². The van der Waals surface area contributed by atoms with Gasteiger partial charge in [0.2, 0.25) is 0 Å². The average Bonchev–Trinajstić information content (AvgIpc) is 2.50. The van der Waals surface area contributed by atoms with Crippen LogP contribution < -0.4 is 0 Å². The van der Waals surface area contributed by atoms with Gasteiger partial charge in [-0.25, -0.2) is 0 Å². The maximum atomic E-state index is 5.55. The molecule has 0 spiro atoms. The highest BCUT2D eigenvalue weighted by Crippen LogP contribution is 2.20. The molecule has 0 saturated heterocycles. The molecule has 1 aromatic rings. The van der Waals surface area contributed by atoms with E-state index in [1.165, 1.54) is 0 Å². The van der Waals surface area contributed by atoms with E-state index in [0.717, 1.165) is 29.9 Å². The topological polar surface area (TPSA) is 16.4 Å². The zero-order valence-corrected chi connectivity index (χ0v) is 11.6. The van der Waals surface area contributed by atoms with Crippen LogP contribution in [0.25, 0.3) is 0 Å². The number of hydrogen-bond donors (Lipinski definition) is 0. The highest BCUT2D eigenvalue weighted by molar-refractivity contribution is 9.09. The molecule has 0 radical (unpaired) electrons. The molecule has 0 saturated carbocycles. The number of halogens is 1. The van der Waals surface area contributed by atoms with Crippen molar-refractivity contribution in [1.29, 1.82) is 0 Å². The number of aryl methyl sites for hydroxylation is 1. The van der Waals surface area contributed by atoms with Crippen LogP contribution in [0.4, 0.5) is 0 Å². The summed E-state index contributed by atoms with van der Waals surface area (Å²) in [6, 6.07) is 4.06. The molecule has 3 heteroatoms. The molecule has 15 heavy (non-hydrogen) atoms. The first-order valence-corrected chi connectivity index (χ1v) is 6.35. The lowest BCUT2D eigenvalue weighted by Crippen LogP contribution is -2.32. The molecule has 2 nitrogen and oxygen atoms in total. The lowest BCUT2D eigenvalue weighted by Gasteiger charge is -2.27. The Morgan fingerprint density at radius 1 is 1.40 bits per heavy atom. The fourth-order valence-electron chi connectivity index (χ4n) is 1.66. The van der Waals surface area contributed by atoms with E-state index >= 15 is 0 Å². The zero-order chi connectivity index (χ0) is 11.5. The van der Waals surface area contributed by atoms with Crippen molar-refractivity contribution in [2.75, 3.05) is 18.9 Å². The van der Waals surface area contributed by atoms with E-state index in [9.17, 15) is 0 Å². The molecule has 0 atom stereocenters. The molecule has 0 aliphatic heterocycles. The molecular weight excluding hydrogens is 254 g/mol. The number of rotatable bonds is 5. The highest BCUT2D eigenvalue weighted by Gasteiger charge is 2.18. The smallest absolute Gasteiger partial charge is 0.118 e. The largest absolute Gasteiger partial charge is 0.465 e. The molecule has 1 rings (SSSR count). The van der Waals surface area contributed by atoms with Crippen molar-refractivity contribution in [1.82, 2.24) is 4.90 Å². The van der Waals surface area contributed by atoms with Crippen molar-refractivity contribution in [2.45, 2.75) is 27.3 Å². The first kappa shape index (κ1) is 12.8. The highest BCUT2D eigenvalue weighted by atomic mass is 79.9. The van der Waals surface area contributed by atoms with Crippen LogP contribution in [0.15, 0.2) is 16.5 Å². The maximum Gasteiger partial charge on any atom is 0.118 e. The van der Waals surface area contributed by atoms with Crippen molar-refractivity contribution in [3.05, 3.63) is 23.7 Å². The minimum atomic E-state index is 0.302. The van der Waals surface area contributed by atoms with Gasteiger partial charge in [0.15, 0.2) is 0 Å². The molecular formula is C12H20BrNO. The third-order valence-corrected chi connectivity index (χ3v) is 3.80. The first-order chi connectivity index (χ1) is 6.93. The van der Waals surface area contributed by atoms with Gasteiger partial charge in [0.05, 0.1) is 6.54 Å². The fraction of sp³-hybridized carbons (Fsp3) is 0.667. The summed E-state index contributed by atoms with van der Waals surface area (Å²) in [5.41, 5.74) is 0.302. The Morgan fingerprint density at radius 3 is 2.53 bits per heavy atom. The van der Waals surface area contributed by atoms with E-state index in [0.29, 0.717) is 5.41 Å². The van der Waals surface area contributed by atoms with Gasteiger partial charge >= 0.3 is 0 Å². The summed E-state index contributed by atoms with van der Waals surface area (Å²) in [4.78, 5) is 2.29. The summed E-state index contributed by atoms with van der Waals surface area (Å²) in [6.45, 7) is 8.42.